The molecule has 1 aliphatic rings. The largest absolute Gasteiger partial charge is 0.380 e. The lowest BCUT2D eigenvalue weighted by Gasteiger charge is -2.22. The molecule has 110 valence electrons. The van der Waals surface area contributed by atoms with Crippen LogP contribution in [0.5, 0.6) is 0 Å². The summed E-state index contributed by atoms with van der Waals surface area (Å²) in [4.78, 5) is 12.2. The summed E-state index contributed by atoms with van der Waals surface area (Å²) in [6.07, 6.45) is 3.56. The predicted octanol–water partition coefficient (Wildman–Crippen LogP) is 1.95. The second-order valence-electron chi connectivity index (χ2n) is 5.35. The minimum atomic E-state index is 0.00131. The van der Waals surface area contributed by atoms with E-state index in [4.69, 9.17) is 4.74 Å². The molecule has 0 bridgehead atoms. The van der Waals surface area contributed by atoms with E-state index in [2.05, 4.69) is 10.6 Å². The molecule has 0 aliphatic carbocycles. The molecule has 1 atom stereocenters. The summed E-state index contributed by atoms with van der Waals surface area (Å²) in [7, 11) is 1.64. The summed E-state index contributed by atoms with van der Waals surface area (Å²) in [5.74, 6) is 0.694. The van der Waals surface area contributed by atoms with Crippen molar-refractivity contribution in [2.45, 2.75) is 25.9 Å². The fourth-order valence-corrected chi connectivity index (χ4v) is 2.68. The number of hydrogen-bond donors (Lipinski definition) is 2. The van der Waals surface area contributed by atoms with Crippen LogP contribution in [0.3, 0.4) is 0 Å². The number of benzene rings is 1. The number of piperidine rings is 1. The summed E-state index contributed by atoms with van der Waals surface area (Å²) in [6, 6.07) is 7.60. The molecule has 0 saturated carbocycles. The van der Waals surface area contributed by atoms with E-state index < -0.39 is 0 Å². The lowest BCUT2D eigenvalue weighted by atomic mass is 9.96. The third-order valence-corrected chi connectivity index (χ3v) is 3.80. The first-order valence-corrected chi connectivity index (χ1v) is 7.37. The van der Waals surface area contributed by atoms with Crippen LogP contribution in [0.4, 0.5) is 0 Å². The third-order valence-electron chi connectivity index (χ3n) is 3.80. The van der Waals surface area contributed by atoms with Gasteiger partial charge in [-0.15, -0.1) is 0 Å². The van der Waals surface area contributed by atoms with Crippen LogP contribution in [0.1, 0.15) is 35.2 Å². The fourth-order valence-electron chi connectivity index (χ4n) is 2.68. The Morgan fingerprint density at radius 1 is 1.45 bits per heavy atom. The monoisotopic (exact) mass is 276 g/mol. The standard InChI is InChI=1S/C16H24N2O2/c1-20-12-14-6-2-3-7-15(14)16(19)18-10-8-13-5-4-9-17-11-13/h2-3,6-7,13,17H,4-5,8-12H2,1H3,(H,18,19). The number of carbonyl (C=O) groups excluding carboxylic acids is 1. The highest BCUT2D eigenvalue weighted by molar-refractivity contribution is 5.95. The average molecular weight is 276 g/mol. The molecule has 0 aromatic heterocycles. The van der Waals surface area contributed by atoms with E-state index in [0.717, 1.165) is 37.2 Å². The molecule has 1 fully saturated rings. The van der Waals surface area contributed by atoms with Crippen molar-refractivity contribution in [3.63, 3.8) is 0 Å². The van der Waals surface area contributed by atoms with Gasteiger partial charge in [0.15, 0.2) is 0 Å². The normalized spacial score (nSPS) is 18.8. The number of amides is 1. The van der Waals surface area contributed by atoms with E-state index in [1.807, 2.05) is 24.3 Å². The maximum absolute atomic E-state index is 12.2. The van der Waals surface area contributed by atoms with Gasteiger partial charge in [-0.1, -0.05) is 18.2 Å². The zero-order valence-electron chi connectivity index (χ0n) is 12.2. The van der Waals surface area contributed by atoms with E-state index >= 15 is 0 Å². The van der Waals surface area contributed by atoms with Crippen LogP contribution in [0.15, 0.2) is 24.3 Å². The topological polar surface area (TPSA) is 50.4 Å². The van der Waals surface area contributed by atoms with Gasteiger partial charge in [-0.25, -0.2) is 0 Å². The van der Waals surface area contributed by atoms with Gasteiger partial charge in [0.05, 0.1) is 6.61 Å². The van der Waals surface area contributed by atoms with Crippen LogP contribution in [-0.4, -0.2) is 32.7 Å². The molecule has 0 spiro atoms. The Balaban J connectivity index is 1.82. The van der Waals surface area contributed by atoms with Crippen molar-refractivity contribution >= 4 is 5.91 Å². The van der Waals surface area contributed by atoms with Crippen molar-refractivity contribution in [3.05, 3.63) is 35.4 Å². The third kappa shape index (κ3) is 4.32. The lowest BCUT2D eigenvalue weighted by Crippen LogP contribution is -2.33. The molecular formula is C16H24N2O2. The zero-order chi connectivity index (χ0) is 14.2. The Hall–Kier alpha value is -1.39. The lowest BCUT2D eigenvalue weighted by molar-refractivity contribution is 0.0945. The first-order valence-electron chi connectivity index (χ1n) is 7.37. The van der Waals surface area contributed by atoms with Crippen LogP contribution in [0.25, 0.3) is 0 Å². The van der Waals surface area contributed by atoms with Crippen LogP contribution in [0.2, 0.25) is 0 Å². The van der Waals surface area contributed by atoms with Crippen LogP contribution < -0.4 is 10.6 Å². The molecule has 4 nitrogen and oxygen atoms in total. The molecular weight excluding hydrogens is 252 g/mol. The Bertz CT molecular complexity index is 428. The first kappa shape index (κ1) is 15.0. The van der Waals surface area contributed by atoms with Gasteiger partial charge in [0.2, 0.25) is 0 Å². The van der Waals surface area contributed by atoms with E-state index in [1.54, 1.807) is 7.11 Å². The maximum Gasteiger partial charge on any atom is 0.251 e. The molecule has 4 heteroatoms. The highest BCUT2D eigenvalue weighted by Crippen LogP contribution is 2.14. The quantitative estimate of drug-likeness (QED) is 0.835. The SMILES string of the molecule is COCc1ccccc1C(=O)NCCC1CCCNC1. The highest BCUT2D eigenvalue weighted by atomic mass is 16.5. The second kappa shape index (κ2) is 8.02. The van der Waals surface area contributed by atoms with Gasteiger partial charge in [0, 0.05) is 19.2 Å². The molecule has 1 unspecified atom stereocenters. The summed E-state index contributed by atoms with van der Waals surface area (Å²) >= 11 is 0. The van der Waals surface area contributed by atoms with Crippen molar-refractivity contribution in [3.8, 4) is 0 Å². The molecule has 1 heterocycles. The predicted molar refractivity (Wildman–Crippen MR) is 79.7 cm³/mol. The van der Waals surface area contributed by atoms with Gasteiger partial charge in [-0.2, -0.15) is 0 Å². The fraction of sp³-hybridized carbons (Fsp3) is 0.562. The molecule has 1 amide bonds. The van der Waals surface area contributed by atoms with Gasteiger partial charge in [-0.3, -0.25) is 4.79 Å². The molecule has 1 saturated heterocycles. The zero-order valence-corrected chi connectivity index (χ0v) is 12.2. The maximum atomic E-state index is 12.2. The molecule has 2 rings (SSSR count). The number of rotatable bonds is 6. The van der Waals surface area contributed by atoms with E-state index in [1.165, 1.54) is 12.8 Å². The van der Waals surface area contributed by atoms with Crippen molar-refractivity contribution in [2.24, 2.45) is 5.92 Å². The minimum Gasteiger partial charge on any atom is -0.380 e. The van der Waals surface area contributed by atoms with Gasteiger partial charge in [-0.05, 0) is 49.9 Å². The number of hydrogen-bond acceptors (Lipinski definition) is 3. The van der Waals surface area contributed by atoms with Crippen LogP contribution in [-0.2, 0) is 11.3 Å². The second-order valence-corrected chi connectivity index (χ2v) is 5.35. The van der Waals surface area contributed by atoms with Gasteiger partial charge < -0.3 is 15.4 Å². The number of carbonyl (C=O) groups is 1. The van der Waals surface area contributed by atoms with Crippen molar-refractivity contribution < 1.29 is 9.53 Å². The van der Waals surface area contributed by atoms with Gasteiger partial charge in [0.1, 0.15) is 0 Å². The highest BCUT2D eigenvalue weighted by Gasteiger charge is 2.14. The summed E-state index contributed by atoms with van der Waals surface area (Å²) in [5, 5.41) is 6.42. The summed E-state index contributed by atoms with van der Waals surface area (Å²) in [6.45, 7) is 3.42. The Kier molecular flexibility index (Phi) is 6.02. The average Bonchev–Trinajstić information content (AvgIpc) is 2.49. The molecule has 20 heavy (non-hydrogen) atoms. The van der Waals surface area contributed by atoms with Crippen LogP contribution in [0, 0.1) is 5.92 Å². The Labute approximate surface area is 120 Å². The Morgan fingerprint density at radius 3 is 3.05 bits per heavy atom. The van der Waals surface area contributed by atoms with Gasteiger partial charge in [0.25, 0.3) is 5.91 Å². The smallest absolute Gasteiger partial charge is 0.251 e. The van der Waals surface area contributed by atoms with Crippen molar-refractivity contribution in [2.75, 3.05) is 26.7 Å². The van der Waals surface area contributed by atoms with Gasteiger partial charge >= 0.3 is 0 Å². The summed E-state index contributed by atoms with van der Waals surface area (Å²) < 4.78 is 5.13. The molecule has 1 aromatic carbocycles. The molecule has 0 radical (unpaired) electrons. The number of methoxy groups -OCH3 is 1. The van der Waals surface area contributed by atoms with E-state index in [0.29, 0.717) is 12.5 Å². The summed E-state index contributed by atoms with van der Waals surface area (Å²) in [5.41, 5.74) is 1.66. The molecule has 1 aromatic rings. The van der Waals surface area contributed by atoms with E-state index in [-0.39, 0.29) is 5.91 Å². The van der Waals surface area contributed by atoms with Crippen molar-refractivity contribution in [1.29, 1.82) is 0 Å². The van der Waals surface area contributed by atoms with Crippen LogP contribution >= 0.6 is 0 Å². The molecule has 1 aliphatic heterocycles. The van der Waals surface area contributed by atoms with Crippen molar-refractivity contribution in [1.82, 2.24) is 10.6 Å². The Morgan fingerprint density at radius 2 is 2.30 bits per heavy atom. The first-order chi connectivity index (χ1) is 9.81. The molecule has 2 N–H and O–H groups in total. The van der Waals surface area contributed by atoms with E-state index in [9.17, 15) is 4.79 Å². The minimum absolute atomic E-state index is 0.00131. The number of nitrogens with one attached hydrogen (secondary N) is 2. The number of ether oxygens (including phenoxy) is 1.